The van der Waals surface area contributed by atoms with Gasteiger partial charge >= 0.3 is 0 Å². The number of rotatable bonds is 8. The van der Waals surface area contributed by atoms with Gasteiger partial charge < -0.3 is 4.74 Å². The van der Waals surface area contributed by atoms with Gasteiger partial charge in [-0.05, 0) is 34.1 Å². The summed E-state index contributed by atoms with van der Waals surface area (Å²) in [6.45, 7) is 11.6. The van der Waals surface area contributed by atoms with Crippen LogP contribution in [0.3, 0.4) is 0 Å². The van der Waals surface area contributed by atoms with Crippen LogP contribution in [0.4, 0.5) is 0 Å². The first kappa shape index (κ1) is 17.4. The third-order valence-corrected chi connectivity index (χ3v) is 4.08. The zero-order valence-corrected chi connectivity index (χ0v) is 13.9. The van der Waals surface area contributed by atoms with E-state index in [2.05, 4.69) is 24.4 Å². The summed E-state index contributed by atoms with van der Waals surface area (Å²) in [7, 11) is 0. The van der Waals surface area contributed by atoms with Gasteiger partial charge in [-0.2, -0.15) is 5.10 Å². The summed E-state index contributed by atoms with van der Waals surface area (Å²) in [4.78, 5) is 0. The largest absolute Gasteiger partial charge is 0.374 e. The maximum Gasteiger partial charge on any atom is 0.0850 e. The van der Waals surface area contributed by atoms with Gasteiger partial charge in [-0.3, -0.25) is 16.0 Å². The first-order valence-corrected chi connectivity index (χ1v) is 7.63. The number of aryl methyl sites for hydroxylation is 2. The summed E-state index contributed by atoms with van der Waals surface area (Å²) in [5.74, 6) is 5.72. The van der Waals surface area contributed by atoms with E-state index in [1.807, 2.05) is 25.5 Å². The Hall–Kier alpha value is -0.620. The Morgan fingerprint density at radius 3 is 2.50 bits per heavy atom. The van der Waals surface area contributed by atoms with Crippen molar-refractivity contribution in [2.75, 3.05) is 6.61 Å². The summed E-state index contributed by atoms with van der Waals surface area (Å²) in [6, 6.07) is -0.0355. The van der Waals surface area contributed by atoms with Crippen molar-refractivity contribution in [3.8, 4) is 0 Å². The predicted molar refractivity (Wildman–Crippen MR) is 82.8 cm³/mol. The minimum absolute atomic E-state index is 0.0355. The zero-order valence-electron chi connectivity index (χ0n) is 13.2. The molecule has 0 saturated carbocycles. The molecular weight excluding hydrogens is 276 g/mol. The van der Waals surface area contributed by atoms with Gasteiger partial charge in [0, 0.05) is 19.6 Å². The molecule has 5 nitrogen and oxygen atoms in total. The molecule has 1 atom stereocenters. The molecule has 1 heterocycles. The third kappa shape index (κ3) is 3.73. The summed E-state index contributed by atoms with van der Waals surface area (Å²) < 4.78 is 7.74. The first-order valence-electron chi connectivity index (χ1n) is 7.25. The third-order valence-electron chi connectivity index (χ3n) is 3.65. The molecule has 3 N–H and O–H groups in total. The fourth-order valence-corrected chi connectivity index (χ4v) is 2.73. The molecule has 0 aromatic carbocycles. The summed E-state index contributed by atoms with van der Waals surface area (Å²) >= 11 is 6.44. The molecule has 1 unspecified atom stereocenters. The number of aromatic nitrogens is 2. The monoisotopic (exact) mass is 302 g/mol. The molecule has 1 aromatic heterocycles. The molecular formula is C14H27ClN4O. The Balaban J connectivity index is 3.03. The Bertz CT molecular complexity index is 431. The Morgan fingerprint density at radius 2 is 2.05 bits per heavy atom. The standard InChI is InChI=1S/C14H27ClN4O/c1-6-10-13(15)11(19(7-2)18-10)9-12(17-16)14(4,5)20-8-3/h12,17H,6-9,16H2,1-5H3. The minimum atomic E-state index is -0.373. The number of halogens is 1. The van der Waals surface area contributed by atoms with Crippen molar-refractivity contribution in [1.29, 1.82) is 0 Å². The fourth-order valence-electron chi connectivity index (χ4n) is 2.38. The highest BCUT2D eigenvalue weighted by Gasteiger charge is 2.31. The predicted octanol–water partition coefficient (Wildman–Crippen LogP) is 2.31. The van der Waals surface area contributed by atoms with Crippen LogP contribution in [0.25, 0.3) is 0 Å². The molecule has 1 aromatic rings. The minimum Gasteiger partial charge on any atom is -0.374 e. The lowest BCUT2D eigenvalue weighted by Crippen LogP contribution is -2.53. The van der Waals surface area contributed by atoms with Crippen LogP contribution in [0.2, 0.25) is 5.02 Å². The SMILES string of the molecule is CCOC(C)(C)C(Cc1c(Cl)c(CC)nn1CC)NN. The Morgan fingerprint density at radius 1 is 1.40 bits per heavy atom. The topological polar surface area (TPSA) is 65.1 Å². The molecule has 0 aliphatic heterocycles. The molecule has 116 valence electrons. The number of nitrogens with one attached hydrogen (secondary N) is 1. The average molecular weight is 303 g/mol. The van der Waals surface area contributed by atoms with Crippen molar-refractivity contribution in [2.24, 2.45) is 5.84 Å². The van der Waals surface area contributed by atoms with Gasteiger partial charge in [0.1, 0.15) is 0 Å². The molecule has 0 bridgehead atoms. The van der Waals surface area contributed by atoms with Gasteiger partial charge in [0.2, 0.25) is 0 Å². The molecule has 0 aliphatic rings. The summed E-state index contributed by atoms with van der Waals surface area (Å²) in [6.07, 6.45) is 1.51. The van der Waals surface area contributed by atoms with Crippen molar-refractivity contribution in [2.45, 2.75) is 65.6 Å². The van der Waals surface area contributed by atoms with Crippen LogP contribution < -0.4 is 11.3 Å². The molecule has 20 heavy (non-hydrogen) atoms. The van der Waals surface area contributed by atoms with Crippen LogP contribution in [0, 0.1) is 0 Å². The Kier molecular flexibility index (Phi) is 6.45. The molecule has 0 aliphatic carbocycles. The van der Waals surface area contributed by atoms with Crippen LogP contribution in [0.1, 0.15) is 46.0 Å². The number of nitrogens with zero attached hydrogens (tertiary/aromatic N) is 2. The van der Waals surface area contributed by atoms with Crippen LogP contribution in [-0.4, -0.2) is 28.0 Å². The zero-order chi connectivity index (χ0) is 15.3. The second-order valence-corrected chi connectivity index (χ2v) is 5.71. The van der Waals surface area contributed by atoms with Gasteiger partial charge in [0.25, 0.3) is 0 Å². The van der Waals surface area contributed by atoms with Crippen LogP contribution in [0.5, 0.6) is 0 Å². The second-order valence-electron chi connectivity index (χ2n) is 5.34. The van der Waals surface area contributed by atoms with Gasteiger partial charge in [-0.1, -0.05) is 18.5 Å². The highest BCUT2D eigenvalue weighted by atomic mass is 35.5. The van der Waals surface area contributed by atoms with Crippen molar-refractivity contribution < 1.29 is 4.74 Å². The fraction of sp³-hybridized carbons (Fsp3) is 0.786. The van der Waals surface area contributed by atoms with E-state index < -0.39 is 0 Å². The number of hydrogen-bond donors (Lipinski definition) is 2. The van der Waals surface area contributed by atoms with E-state index in [1.165, 1.54) is 0 Å². The number of hydrazine groups is 1. The van der Waals surface area contributed by atoms with E-state index in [0.29, 0.717) is 13.0 Å². The van der Waals surface area contributed by atoms with Gasteiger partial charge in [-0.15, -0.1) is 0 Å². The molecule has 0 amide bonds. The van der Waals surface area contributed by atoms with Crippen molar-refractivity contribution in [3.63, 3.8) is 0 Å². The van der Waals surface area contributed by atoms with Crippen LogP contribution >= 0.6 is 11.6 Å². The Labute approximate surface area is 126 Å². The van der Waals surface area contributed by atoms with E-state index in [9.17, 15) is 0 Å². The quantitative estimate of drug-likeness (QED) is 0.571. The lowest BCUT2D eigenvalue weighted by atomic mass is 9.94. The first-order chi connectivity index (χ1) is 9.41. The second kappa shape index (κ2) is 7.41. The van der Waals surface area contributed by atoms with Crippen LogP contribution in [0.15, 0.2) is 0 Å². The van der Waals surface area contributed by atoms with Crippen LogP contribution in [-0.2, 0) is 24.1 Å². The lowest BCUT2D eigenvalue weighted by molar-refractivity contribution is -0.0384. The van der Waals surface area contributed by atoms with E-state index >= 15 is 0 Å². The molecule has 1 rings (SSSR count). The van der Waals surface area contributed by atoms with E-state index in [4.69, 9.17) is 22.2 Å². The van der Waals surface area contributed by atoms with E-state index in [1.54, 1.807) is 0 Å². The van der Waals surface area contributed by atoms with Crippen molar-refractivity contribution in [1.82, 2.24) is 15.2 Å². The van der Waals surface area contributed by atoms with Crippen molar-refractivity contribution >= 4 is 11.6 Å². The maximum absolute atomic E-state index is 6.44. The lowest BCUT2D eigenvalue weighted by Gasteiger charge is -2.33. The molecule has 0 fully saturated rings. The molecule has 0 radical (unpaired) electrons. The smallest absolute Gasteiger partial charge is 0.0850 e. The number of nitrogens with two attached hydrogens (primary N) is 1. The maximum atomic E-state index is 6.44. The summed E-state index contributed by atoms with van der Waals surface area (Å²) in [5.41, 5.74) is 4.44. The van der Waals surface area contributed by atoms with Gasteiger partial charge in [-0.25, -0.2) is 0 Å². The number of hydrogen-bond acceptors (Lipinski definition) is 4. The summed E-state index contributed by atoms with van der Waals surface area (Å²) in [5, 5.41) is 5.29. The average Bonchev–Trinajstić information content (AvgIpc) is 2.71. The molecule has 0 saturated heterocycles. The molecule has 0 spiro atoms. The van der Waals surface area contributed by atoms with Gasteiger partial charge in [0.05, 0.1) is 28.1 Å². The number of ether oxygens (including phenoxy) is 1. The highest BCUT2D eigenvalue weighted by molar-refractivity contribution is 6.31. The normalized spacial score (nSPS) is 13.8. The van der Waals surface area contributed by atoms with E-state index in [-0.39, 0.29) is 11.6 Å². The van der Waals surface area contributed by atoms with Gasteiger partial charge in [0.15, 0.2) is 0 Å². The molecule has 6 heteroatoms. The van der Waals surface area contributed by atoms with E-state index in [0.717, 1.165) is 29.4 Å². The highest BCUT2D eigenvalue weighted by Crippen LogP contribution is 2.26. The van der Waals surface area contributed by atoms with Crippen molar-refractivity contribution in [3.05, 3.63) is 16.4 Å².